The van der Waals surface area contributed by atoms with Gasteiger partial charge in [-0.2, -0.15) is 0 Å². The first-order valence-corrected chi connectivity index (χ1v) is 18.1. The molecule has 0 atom stereocenters. The first kappa shape index (κ1) is 37.3. The van der Waals surface area contributed by atoms with Crippen LogP contribution in [-0.2, 0) is 19.4 Å². The van der Waals surface area contributed by atoms with E-state index in [-0.39, 0.29) is 19.5 Å². The molecule has 3 aromatic carbocycles. The molecule has 3 N–H and O–H groups in total. The smallest absolute Gasteiger partial charge is 0.329 e. The fourth-order valence-electron chi connectivity index (χ4n) is 6.58. The molecule has 0 aliphatic carbocycles. The van der Waals surface area contributed by atoms with E-state index in [0.29, 0.717) is 36.6 Å². The van der Waals surface area contributed by atoms with E-state index in [1.807, 2.05) is 53.4 Å². The highest BCUT2D eigenvalue weighted by atomic mass is 35.5. The summed E-state index contributed by atoms with van der Waals surface area (Å²) in [4.78, 5) is 31.8. The van der Waals surface area contributed by atoms with Crippen LogP contribution in [0.3, 0.4) is 0 Å². The molecule has 0 unspecified atom stereocenters. The van der Waals surface area contributed by atoms with Crippen molar-refractivity contribution in [2.75, 3.05) is 50.0 Å². The van der Waals surface area contributed by atoms with Crippen LogP contribution < -0.4 is 25.4 Å². The lowest BCUT2D eigenvalue weighted by atomic mass is 10.0. The van der Waals surface area contributed by atoms with E-state index in [2.05, 4.69) is 46.2 Å². The Kier molecular flexibility index (Phi) is 11.9. The number of aryl methyl sites for hydroxylation is 2. The Labute approximate surface area is 316 Å². The lowest BCUT2D eigenvalue weighted by molar-refractivity contribution is 0.0854. The molecule has 4 aliphatic rings. The van der Waals surface area contributed by atoms with Gasteiger partial charge in [0.05, 0.1) is 13.2 Å². The van der Waals surface area contributed by atoms with Gasteiger partial charge in [0.2, 0.25) is 0 Å². The van der Waals surface area contributed by atoms with Crippen molar-refractivity contribution < 1.29 is 19.1 Å². The van der Waals surface area contributed by atoms with Crippen molar-refractivity contribution in [2.45, 2.75) is 39.7 Å². The normalized spacial score (nSPS) is 16.2. The molecular weight excluding hydrogens is 690 g/mol. The maximum absolute atomic E-state index is 12.2. The van der Waals surface area contributed by atoms with Gasteiger partial charge >= 0.3 is 12.1 Å². The lowest BCUT2D eigenvalue weighted by Gasteiger charge is -2.38. The number of rotatable bonds is 8. The van der Waals surface area contributed by atoms with E-state index in [1.54, 1.807) is 17.3 Å². The number of benzene rings is 3. The van der Waals surface area contributed by atoms with Crippen LogP contribution in [0.4, 0.5) is 21.0 Å². The second-order valence-electron chi connectivity index (χ2n) is 13.8. The number of ether oxygens (including phenoxy) is 2. The van der Waals surface area contributed by atoms with E-state index >= 15 is 0 Å². The van der Waals surface area contributed by atoms with Crippen LogP contribution >= 0.6 is 11.6 Å². The zero-order valence-corrected chi connectivity index (χ0v) is 29.9. The number of imidazole rings is 1. The molecule has 0 saturated carbocycles. The van der Waals surface area contributed by atoms with Crippen LogP contribution in [0.5, 0.6) is 11.5 Å². The van der Waals surface area contributed by atoms with E-state index in [4.69, 9.17) is 21.1 Å². The first-order chi connectivity index (χ1) is 25.3. The summed E-state index contributed by atoms with van der Waals surface area (Å²) in [7, 11) is 0. The van der Waals surface area contributed by atoms with Gasteiger partial charge in [0.15, 0.2) is 0 Å². The number of likely N-dealkylation sites (tertiary alicyclic amines) is 2. The Morgan fingerprint density at radius 3 is 1.87 bits per heavy atom. The van der Waals surface area contributed by atoms with E-state index in [9.17, 15) is 9.59 Å². The Bertz CT molecular complexity index is 1920. The predicted molar refractivity (Wildman–Crippen MR) is 210 cm³/mol. The van der Waals surface area contributed by atoms with E-state index < -0.39 is 0 Å². The maximum atomic E-state index is 12.2. The number of urea groups is 1. The quantitative estimate of drug-likeness (QED) is 0.169. The number of nitrogens with zero attached hydrogens (tertiary/aromatic N) is 4. The predicted octanol–water partition coefficient (Wildman–Crippen LogP) is 7.80. The Morgan fingerprint density at radius 1 is 0.792 bits per heavy atom. The number of nitrogens with one attached hydrogen (secondary N) is 3. The number of aromatic nitrogens is 2. The van der Waals surface area contributed by atoms with Crippen LogP contribution in [0.1, 0.15) is 37.0 Å². The molecule has 5 heterocycles. The van der Waals surface area contributed by atoms with Crippen molar-refractivity contribution in [2.24, 2.45) is 11.8 Å². The van der Waals surface area contributed by atoms with Crippen LogP contribution in [0.2, 0.25) is 5.02 Å². The van der Waals surface area contributed by atoms with Crippen molar-refractivity contribution in [1.29, 1.82) is 0 Å². The number of carbonyl (C=O) groups excluding carboxylic acids is 2. The van der Waals surface area contributed by atoms with Crippen LogP contribution in [-0.4, -0.2) is 70.8 Å². The molecule has 12 heteroatoms. The average Bonchev–Trinajstić information content (AvgIpc) is 3.66. The van der Waals surface area contributed by atoms with Crippen LogP contribution in [0.25, 0.3) is 0 Å². The highest BCUT2D eigenvalue weighted by Crippen LogP contribution is 2.31. The number of hydrogen-bond donors (Lipinski definition) is 3. The molecule has 1 aromatic heterocycles. The molecule has 8 rings (SSSR count). The Hall–Kier alpha value is -5.42. The standard InChI is InChI=1S/C22H24ClN3O2.C18H20N4O2.CH4/c1-15-2-5-18-10-20(8-9-21(18)25-15)28-14-17-12-26(13-17)22(27)24-11-16-3-6-19(23)7-4-16;1-13-2-3-15-8-16(4-5-17(15)20-13)24-11-14-9-22(10-14)18(23)21-7-6-19-12-21;/h3-4,6-10,17,25H,1-2,5,11-14H2,(H,24,27);4-8,12,14,20H,1-3,9-11H2;1H4. The van der Waals surface area contributed by atoms with Gasteiger partial charge in [0.1, 0.15) is 17.8 Å². The van der Waals surface area contributed by atoms with Gasteiger partial charge < -0.3 is 35.2 Å². The monoisotopic (exact) mass is 737 g/mol. The number of carbonyl (C=O) groups is 2. The highest BCUT2D eigenvalue weighted by Gasteiger charge is 2.32. The molecule has 0 radical (unpaired) electrons. The number of allylic oxidation sites excluding steroid dienone is 2. The van der Waals surface area contributed by atoms with Gasteiger partial charge in [-0.15, -0.1) is 0 Å². The Balaban J connectivity index is 0.000000180. The molecule has 278 valence electrons. The molecule has 0 bridgehead atoms. The summed E-state index contributed by atoms with van der Waals surface area (Å²) in [6.45, 7) is 12.6. The maximum Gasteiger partial charge on any atom is 0.329 e. The third-order valence-corrected chi connectivity index (χ3v) is 9.95. The van der Waals surface area contributed by atoms with Crippen molar-refractivity contribution in [3.8, 4) is 11.5 Å². The van der Waals surface area contributed by atoms with Gasteiger partial charge in [-0.05, 0) is 90.9 Å². The number of halogens is 1. The van der Waals surface area contributed by atoms with Crippen molar-refractivity contribution in [3.63, 3.8) is 0 Å². The molecule has 0 spiro atoms. The molecular formula is C41H48ClN7O4. The van der Waals surface area contributed by atoms with Gasteiger partial charge in [-0.1, -0.05) is 44.3 Å². The van der Waals surface area contributed by atoms with Crippen molar-refractivity contribution in [1.82, 2.24) is 24.7 Å². The van der Waals surface area contributed by atoms with Gasteiger partial charge in [0, 0.05) is 84.7 Å². The third-order valence-electron chi connectivity index (χ3n) is 9.69. The number of anilines is 2. The van der Waals surface area contributed by atoms with E-state index in [1.165, 1.54) is 22.0 Å². The molecule has 4 aromatic rings. The summed E-state index contributed by atoms with van der Waals surface area (Å²) >= 11 is 5.87. The minimum absolute atomic E-state index is 0. The summed E-state index contributed by atoms with van der Waals surface area (Å²) < 4.78 is 13.4. The first-order valence-electron chi connectivity index (χ1n) is 17.7. The fourth-order valence-corrected chi connectivity index (χ4v) is 6.71. The zero-order valence-electron chi connectivity index (χ0n) is 29.2. The minimum Gasteiger partial charge on any atom is -0.493 e. The van der Waals surface area contributed by atoms with Crippen molar-refractivity contribution in [3.05, 3.63) is 126 Å². The second kappa shape index (κ2) is 16.9. The Morgan fingerprint density at radius 2 is 1.34 bits per heavy atom. The van der Waals surface area contributed by atoms with Gasteiger partial charge in [0.25, 0.3) is 0 Å². The largest absolute Gasteiger partial charge is 0.493 e. The lowest BCUT2D eigenvalue weighted by Crippen LogP contribution is -2.55. The number of fused-ring (bicyclic) bond motifs is 2. The molecule has 4 aliphatic heterocycles. The molecule has 11 nitrogen and oxygen atoms in total. The SMILES string of the molecule is C.C=C1CCc2cc(OCC3CN(C(=O)NCc4ccc(Cl)cc4)C3)ccc2N1.C=C1CCc2cc(OCC3CN(C(=O)n4ccnc4)C3)ccc2N1. The highest BCUT2D eigenvalue weighted by molar-refractivity contribution is 6.30. The van der Waals surface area contributed by atoms with Crippen LogP contribution in [0, 0.1) is 11.8 Å². The number of amides is 3. The molecule has 53 heavy (non-hydrogen) atoms. The third kappa shape index (κ3) is 9.53. The molecule has 2 fully saturated rings. The molecule has 2 saturated heterocycles. The minimum atomic E-state index is -0.0358. The van der Waals surface area contributed by atoms with Gasteiger partial charge in [-0.25, -0.2) is 14.6 Å². The number of hydrogen-bond acceptors (Lipinski definition) is 7. The molecule has 3 amide bonds. The second-order valence-corrected chi connectivity index (χ2v) is 14.2. The zero-order chi connectivity index (χ0) is 36.0. The summed E-state index contributed by atoms with van der Waals surface area (Å²) in [5.41, 5.74) is 7.93. The van der Waals surface area contributed by atoms with Crippen LogP contribution in [0.15, 0.2) is 104 Å². The van der Waals surface area contributed by atoms with Gasteiger partial charge in [-0.3, -0.25) is 4.57 Å². The average molecular weight is 738 g/mol. The topological polar surface area (TPSA) is 113 Å². The van der Waals surface area contributed by atoms with Crippen molar-refractivity contribution >= 4 is 35.0 Å². The summed E-state index contributed by atoms with van der Waals surface area (Å²) in [6.07, 6.45) is 8.71. The summed E-state index contributed by atoms with van der Waals surface area (Å²) in [5.74, 6) is 2.53. The summed E-state index contributed by atoms with van der Waals surface area (Å²) in [5, 5.41) is 10.3. The van der Waals surface area contributed by atoms with E-state index in [0.717, 1.165) is 91.7 Å². The fraction of sp³-hybridized carbons (Fsp3) is 0.341. The summed E-state index contributed by atoms with van der Waals surface area (Å²) in [6, 6.07) is 19.7.